The van der Waals surface area contributed by atoms with E-state index in [0.29, 0.717) is 16.9 Å². The molecule has 0 saturated carbocycles. The lowest BCUT2D eigenvalue weighted by molar-refractivity contribution is -0.147. The highest BCUT2D eigenvalue weighted by molar-refractivity contribution is 5.98. The minimum absolute atomic E-state index is 0.0500. The number of nitrogens with one attached hydrogen (secondary N) is 1. The van der Waals surface area contributed by atoms with Crippen molar-refractivity contribution >= 4 is 23.3 Å². The van der Waals surface area contributed by atoms with Crippen molar-refractivity contribution < 1.29 is 19.1 Å². The average molecular weight is 385 g/mol. The molecule has 28 heavy (non-hydrogen) atoms. The number of nitrogens with zero attached hydrogens (tertiary/aromatic N) is 2. The number of carbonyl (C=O) groups is 3. The van der Waals surface area contributed by atoms with Crippen molar-refractivity contribution in [1.82, 2.24) is 9.78 Å². The fourth-order valence-corrected chi connectivity index (χ4v) is 2.85. The first-order chi connectivity index (χ1) is 13.3. The predicted octanol–water partition coefficient (Wildman–Crippen LogP) is 3.13. The van der Waals surface area contributed by atoms with E-state index in [1.54, 1.807) is 30.8 Å². The molecule has 0 fully saturated rings. The first-order valence-electron chi connectivity index (χ1n) is 9.39. The molecular formula is C21H27N3O4. The van der Waals surface area contributed by atoms with E-state index >= 15 is 0 Å². The number of rotatable bonds is 9. The molecule has 0 spiro atoms. The Morgan fingerprint density at radius 1 is 1.11 bits per heavy atom. The molecule has 1 amide bonds. The first-order valence-corrected chi connectivity index (χ1v) is 9.39. The van der Waals surface area contributed by atoms with Crippen LogP contribution in [0.25, 0.3) is 0 Å². The summed E-state index contributed by atoms with van der Waals surface area (Å²) in [7, 11) is 1.78. The lowest BCUT2D eigenvalue weighted by atomic mass is 10.0. The molecule has 150 valence electrons. The second kappa shape index (κ2) is 9.82. The number of aryl methyl sites for hydroxylation is 3. The molecule has 2 rings (SSSR count). The van der Waals surface area contributed by atoms with Gasteiger partial charge >= 0.3 is 5.97 Å². The normalized spacial score (nSPS) is 10.6. The van der Waals surface area contributed by atoms with Crippen LogP contribution in [0, 0.1) is 13.8 Å². The molecule has 0 saturated heterocycles. The summed E-state index contributed by atoms with van der Waals surface area (Å²) in [6.45, 7) is 5.33. The van der Waals surface area contributed by atoms with E-state index in [1.807, 2.05) is 19.1 Å². The number of hydrogen-bond acceptors (Lipinski definition) is 5. The number of benzene rings is 1. The number of carbonyl (C=O) groups excluding carboxylic acids is 3. The Morgan fingerprint density at radius 2 is 1.79 bits per heavy atom. The smallest absolute Gasteiger partial charge is 0.306 e. The summed E-state index contributed by atoms with van der Waals surface area (Å²) in [5, 5.41) is 6.90. The van der Waals surface area contributed by atoms with Crippen LogP contribution in [0.3, 0.4) is 0 Å². The van der Waals surface area contributed by atoms with Crippen LogP contribution in [0.15, 0.2) is 24.3 Å². The molecule has 0 radical (unpaired) electrons. The van der Waals surface area contributed by atoms with Crippen molar-refractivity contribution in [1.29, 1.82) is 0 Å². The molecule has 0 atom stereocenters. The standard InChI is InChI=1S/C21H27N3O4/c1-5-6-16-7-9-17(10-8-16)18(25)11-12-20(27)28-13-19(26)22-21-14(2)23-24(4)15(21)3/h7-10H,5-6,11-13H2,1-4H3,(H,22,26). The first kappa shape index (κ1) is 21.3. The van der Waals surface area contributed by atoms with Crippen LogP contribution in [-0.2, 0) is 27.8 Å². The summed E-state index contributed by atoms with van der Waals surface area (Å²) >= 11 is 0. The fourth-order valence-electron chi connectivity index (χ4n) is 2.85. The minimum atomic E-state index is -0.578. The molecule has 2 aromatic rings. The van der Waals surface area contributed by atoms with Crippen molar-refractivity contribution in [2.24, 2.45) is 7.05 Å². The van der Waals surface area contributed by atoms with Gasteiger partial charge in [0.25, 0.3) is 5.91 Å². The Hall–Kier alpha value is -2.96. The molecule has 7 heteroatoms. The van der Waals surface area contributed by atoms with Gasteiger partial charge in [0, 0.05) is 19.0 Å². The lowest BCUT2D eigenvalue weighted by Crippen LogP contribution is -2.21. The maximum atomic E-state index is 12.2. The van der Waals surface area contributed by atoms with E-state index in [1.165, 1.54) is 5.56 Å². The van der Waals surface area contributed by atoms with E-state index in [2.05, 4.69) is 17.3 Å². The predicted molar refractivity (Wildman–Crippen MR) is 106 cm³/mol. The van der Waals surface area contributed by atoms with Gasteiger partial charge in [-0.05, 0) is 25.8 Å². The Bertz CT molecular complexity index is 853. The Morgan fingerprint density at radius 3 is 2.36 bits per heavy atom. The van der Waals surface area contributed by atoms with E-state index in [9.17, 15) is 14.4 Å². The zero-order chi connectivity index (χ0) is 20.7. The molecule has 0 bridgehead atoms. The van der Waals surface area contributed by atoms with Crippen molar-refractivity contribution in [3.8, 4) is 0 Å². The van der Waals surface area contributed by atoms with Crippen molar-refractivity contribution in [2.75, 3.05) is 11.9 Å². The number of anilines is 1. The van der Waals surface area contributed by atoms with Crippen LogP contribution < -0.4 is 5.32 Å². The third kappa shape index (κ3) is 5.77. The molecule has 1 aromatic carbocycles. The highest BCUT2D eigenvalue weighted by Gasteiger charge is 2.15. The number of esters is 1. The summed E-state index contributed by atoms with van der Waals surface area (Å²) in [6, 6.07) is 7.43. The summed E-state index contributed by atoms with van der Waals surface area (Å²) in [6.07, 6.45) is 2.01. The molecule has 0 aliphatic carbocycles. The third-order valence-corrected chi connectivity index (χ3v) is 4.51. The second-order valence-corrected chi connectivity index (χ2v) is 6.75. The monoisotopic (exact) mass is 385 g/mol. The van der Waals surface area contributed by atoms with Crippen LogP contribution in [-0.4, -0.2) is 34.0 Å². The largest absolute Gasteiger partial charge is 0.456 e. The van der Waals surface area contributed by atoms with E-state index < -0.39 is 18.5 Å². The van der Waals surface area contributed by atoms with Gasteiger partial charge in [-0.2, -0.15) is 5.10 Å². The van der Waals surface area contributed by atoms with Gasteiger partial charge in [0.15, 0.2) is 12.4 Å². The minimum Gasteiger partial charge on any atom is -0.456 e. The van der Waals surface area contributed by atoms with Crippen LogP contribution in [0.2, 0.25) is 0 Å². The van der Waals surface area contributed by atoms with Gasteiger partial charge in [-0.15, -0.1) is 0 Å². The summed E-state index contributed by atoms with van der Waals surface area (Å²) in [5.74, 6) is -1.14. The summed E-state index contributed by atoms with van der Waals surface area (Å²) in [5.41, 5.74) is 3.88. The SMILES string of the molecule is CCCc1ccc(C(=O)CCC(=O)OCC(=O)Nc2c(C)nn(C)c2C)cc1. The van der Waals surface area contributed by atoms with Crippen LogP contribution >= 0.6 is 0 Å². The number of ether oxygens (including phenoxy) is 1. The second-order valence-electron chi connectivity index (χ2n) is 6.75. The lowest BCUT2D eigenvalue weighted by Gasteiger charge is -2.07. The fraction of sp³-hybridized carbons (Fsp3) is 0.429. The quantitative estimate of drug-likeness (QED) is 0.529. The number of ketones is 1. The number of Topliss-reactive ketones (excluding diaryl/α,β-unsaturated/α-hetero) is 1. The highest BCUT2D eigenvalue weighted by atomic mass is 16.5. The van der Waals surface area contributed by atoms with Crippen molar-refractivity contribution in [3.63, 3.8) is 0 Å². The molecule has 1 N–H and O–H groups in total. The van der Waals surface area contributed by atoms with E-state index in [0.717, 1.165) is 18.5 Å². The maximum absolute atomic E-state index is 12.2. The van der Waals surface area contributed by atoms with Gasteiger partial charge in [0.05, 0.1) is 23.5 Å². The van der Waals surface area contributed by atoms with Gasteiger partial charge in [0.2, 0.25) is 0 Å². The van der Waals surface area contributed by atoms with Crippen LogP contribution in [0.4, 0.5) is 5.69 Å². The average Bonchev–Trinajstić information content (AvgIpc) is 2.91. The Balaban J connectivity index is 1.76. The van der Waals surface area contributed by atoms with Gasteiger partial charge in [-0.1, -0.05) is 37.6 Å². The Labute approximate surface area is 165 Å². The summed E-state index contributed by atoms with van der Waals surface area (Å²) < 4.78 is 6.63. The molecule has 1 aromatic heterocycles. The number of aromatic nitrogens is 2. The summed E-state index contributed by atoms with van der Waals surface area (Å²) in [4.78, 5) is 36.0. The van der Waals surface area contributed by atoms with Gasteiger partial charge in [0.1, 0.15) is 0 Å². The maximum Gasteiger partial charge on any atom is 0.306 e. The van der Waals surface area contributed by atoms with Crippen LogP contribution in [0.5, 0.6) is 0 Å². The topological polar surface area (TPSA) is 90.3 Å². The highest BCUT2D eigenvalue weighted by Crippen LogP contribution is 2.18. The van der Waals surface area contributed by atoms with E-state index in [4.69, 9.17) is 4.74 Å². The molecular weight excluding hydrogens is 358 g/mol. The molecule has 1 heterocycles. The number of amides is 1. The molecule has 0 aliphatic rings. The van der Waals surface area contributed by atoms with Gasteiger partial charge < -0.3 is 10.1 Å². The van der Waals surface area contributed by atoms with Crippen molar-refractivity contribution in [3.05, 3.63) is 46.8 Å². The van der Waals surface area contributed by atoms with Crippen molar-refractivity contribution in [2.45, 2.75) is 46.5 Å². The van der Waals surface area contributed by atoms with Gasteiger partial charge in [-0.3, -0.25) is 19.1 Å². The molecule has 0 unspecified atom stereocenters. The van der Waals surface area contributed by atoms with Crippen LogP contribution in [0.1, 0.15) is 53.5 Å². The Kier molecular flexibility index (Phi) is 7.49. The molecule has 7 nitrogen and oxygen atoms in total. The number of hydrogen-bond donors (Lipinski definition) is 1. The van der Waals surface area contributed by atoms with Gasteiger partial charge in [-0.25, -0.2) is 0 Å². The van der Waals surface area contributed by atoms with E-state index in [-0.39, 0.29) is 18.6 Å². The third-order valence-electron chi connectivity index (χ3n) is 4.51. The zero-order valence-corrected chi connectivity index (χ0v) is 16.9. The molecule has 0 aliphatic heterocycles. The zero-order valence-electron chi connectivity index (χ0n) is 16.9.